The monoisotopic (exact) mass is 559 g/mol. The van der Waals surface area contributed by atoms with Crippen LogP contribution in [-0.2, 0) is 19.3 Å². The van der Waals surface area contributed by atoms with Crippen molar-refractivity contribution in [2.45, 2.75) is 38.7 Å². The fourth-order valence-electron chi connectivity index (χ4n) is 3.48. The average Bonchev–Trinajstić information content (AvgIpc) is 3.44. The Labute approximate surface area is 224 Å². The van der Waals surface area contributed by atoms with Gasteiger partial charge in [-0.3, -0.25) is 14.3 Å². The van der Waals surface area contributed by atoms with Crippen LogP contribution in [0.2, 0.25) is 5.28 Å². The number of aromatic amines is 1. The number of benzene rings is 2. The zero-order valence-corrected chi connectivity index (χ0v) is 21.3. The molecule has 0 fully saturated rings. The van der Waals surface area contributed by atoms with Gasteiger partial charge in [0, 0.05) is 12.1 Å². The molecule has 9 nitrogen and oxygen atoms in total. The van der Waals surface area contributed by atoms with Crippen LogP contribution in [0.3, 0.4) is 0 Å². The second-order valence-corrected chi connectivity index (χ2v) is 9.33. The van der Waals surface area contributed by atoms with E-state index in [1.165, 1.54) is 30.5 Å². The third-order valence-corrected chi connectivity index (χ3v) is 5.65. The number of carbonyl (C=O) groups is 1. The highest BCUT2D eigenvalue weighted by atomic mass is 35.5. The van der Waals surface area contributed by atoms with Crippen LogP contribution < -0.4 is 11.1 Å². The van der Waals surface area contributed by atoms with Crippen LogP contribution in [-0.4, -0.2) is 36.3 Å². The molecular weight excluding hydrogens is 539 g/mol. The highest BCUT2D eigenvalue weighted by Crippen LogP contribution is 2.29. The Morgan fingerprint density at radius 2 is 1.77 bits per heavy atom. The lowest BCUT2D eigenvalue weighted by atomic mass is 10.1. The van der Waals surface area contributed by atoms with E-state index in [0.29, 0.717) is 16.7 Å². The van der Waals surface area contributed by atoms with Crippen molar-refractivity contribution in [2.75, 3.05) is 0 Å². The van der Waals surface area contributed by atoms with E-state index in [2.05, 4.69) is 36.8 Å². The van der Waals surface area contributed by atoms with Gasteiger partial charge < -0.3 is 15.0 Å². The van der Waals surface area contributed by atoms with E-state index in [4.69, 9.17) is 11.6 Å². The number of H-pyrrole nitrogens is 1. The van der Waals surface area contributed by atoms with Crippen LogP contribution in [0.5, 0.6) is 0 Å². The van der Waals surface area contributed by atoms with Crippen molar-refractivity contribution in [1.29, 1.82) is 0 Å². The van der Waals surface area contributed by atoms with E-state index in [1.54, 1.807) is 24.3 Å². The lowest BCUT2D eigenvalue weighted by Gasteiger charge is -2.12. The number of rotatable bonds is 6. The summed E-state index contributed by atoms with van der Waals surface area (Å²) in [6.07, 6.45) is -4.49. The number of nitrogens with zero attached hydrogens (tertiary/aromatic N) is 3. The average molecular weight is 560 g/mol. The molecule has 2 aromatic carbocycles. The highest BCUT2D eigenvalue weighted by Gasteiger charge is 2.30. The molecule has 13 heteroatoms. The second-order valence-electron chi connectivity index (χ2n) is 8.99. The third kappa shape index (κ3) is 6.95. The van der Waals surface area contributed by atoms with E-state index in [-0.39, 0.29) is 35.6 Å². The summed E-state index contributed by atoms with van der Waals surface area (Å²) in [5.74, 6) is 4.23. The van der Waals surface area contributed by atoms with Gasteiger partial charge in [-0.1, -0.05) is 47.5 Å². The highest BCUT2D eigenvalue weighted by molar-refractivity contribution is 6.29. The first-order valence-electron chi connectivity index (χ1n) is 11.4. The van der Waals surface area contributed by atoms with Crippen LogP contribution in [0, 0.1) is 11.8 Å². The lowest BCUT2D eigenvalue weighted by Crippen LogP contribution is -2.26. The smallest absolute Gasteiger partial charge is 0.378 e. The molecule has 4 aromatic rings. The first-order valence-corrected chi connectivity index (χ1v) is 11.8. The maximum Gasteiger partial charge on any atom is 0.439 e. The number of aliphatic hydroxyl groups is 1. The van der Waals surface area contributed by atoms with Gasteiger partial charge in [-0.25, -0.2) is 9.78 Å². The fourth-order valence-corrected chi connectivity index (χ4v) is 3.71. The second kappa shape index (κ2) is 10.8. The number of hydrogen-bond acceptors (Lipinski definition) is 6. The molecule has 1 amide bonds. The Morgan fingerprint density at radius 1 is 1.13 bits per heavy atom. The first-order chi connectivity index (χ1) is 18.3. The fraction of sp³-hybridized carbons (Fsp3) is 0.231. The molecule has 2 heterocycles. The molecule has 0 aliphatic heterocycles. The molecule has 0 saturated carbocycles. The molecule has 0 aliphatic rings. The van der Waals surface area contributed by atoms with Gasteiger partial charge in [-0.15, -0.1) is 0 Å². The minimum Gasteiger partial charge on any atom is -0.378 e. The Kier molecular flexibility index (Phi) is 7.67. The summed E-state index contributed by atoms with van der Waals surface area (Å²) < 4.78 is 44.7. The van der Waals surface area contributed by atoms with Gasteiger partial charge in [0.15, 0.2) is 5.82 Å². The number of amides is 1. The predicted molar refractivity (Wildman–Crippen MR) is 135 cm³/mol. The predicted octanol–water partition coefficient (Wildman–Crippen LogP) is 4.00. The van der Waals surface area contributed by atoms with Crippen LogP contribution in [0.25, 0.3) is 11.4 Å². The zero-order valence-electron chi connectivity index (χ0n) is 20.6. The van der Waals surface area contributed by atoms with Crippen molar-refractivity contribution < 1.29 is 27.6 Å². The van der Waals surface area contributed by atoms with Gasteiger partial charge in [-0.05, 0) is 54.6 Å². The molecule has 0 bridgehead atoms. The molecule has 0 atom stereocenters. The SMILES string of the molecule is CC(C)(O)C#Cc1nc(Cl)n(Cc2ccc(C(F)(F)F)cc2)c1C(=O)NCc1ccc(-c2noc(=O)[nH]2)cc1. The summed E-state index contributed by atoms with van der Waals surface area (Å²) in [7, 11) is 0. The third-order valence-electron chi connectivity index (χ3n) is 5.37. The summed E-state index contributed by atoms with van der Waals surface area (Å²) in [6, 6.07) is 11.2. The van der Waals surface area contributed by atoms with Gasteiger partial charge in [-0.2, -0.15) is 13.2 Å². The van der Waals surface area contributed by atoms with Gasteiger partial charge in [0.2, 0.25) is 5.28 Å². The zero-order chi connectivity index (χ0) is 28.4. The number of halogens is 4. The summed E-state index contributed by atoms with van der Waals surface area (Å²) in [6.45, 7) is 2.95. The molecule has 0 aliphatic carbocycles. The maximum atomic E-state index is 13.3. The van der Waals surface area contributed by atoms with E-state index in [0.717, 1.165) is 12.1 Å². The topological polar surface area (TPSA) is 126 Å². The molecule has 4 rings (SSSR count). The van der Waals surface area contributed by atoms with Gasteiger partial charge >= 0.3 is 11.9 Å². The van der Waals surface area contributed by atoms with Crippen molar-refractivity contribution in [3.05, 3.63) is 92.4 Å². The Bertz CT molecular complexity index is 1600. The Hall–Kier alpha value is -4.34. The molecule has 0 saturated heterocycles. The number of aromatic nitrogens is 4. The first kappa shape index (κ1) is 27.7. The van der Waals surface area contributed by atoms with Crippen LogP contribution in [0.15, 0.2) is 57.8 Å². The quantitative estimate of drug-likeness (QED) is 0.307. The van der Waals surface area contributed by atoms with Crippen molar-refractivity contribution in [3.63, 3.8) is 0 Å². The van der Waals surface area contributed by atoms with Crippen molar-refractivity contribution in [2.24, 2.45) is 0 Å². The van der Waals surface area contributed by atoms with Crippen molar-refractivity contribution in [1.82, 2.24) is 25.0 Å². The van der Waals surface area contributed by atoms with Crippen LogP contribution >= 0.6 is 11.6 Å². The number of alkyl halides is 3. The summed E-state index contributed by atoms with van der Waals surface area (Å²) >= 11 is 6.32. The Morgan fingerprint density at radius 3 is 2.33 bits per heavy atom. The maximum absolute atomic E-state index is 13.3. The van der Waals surface area contributed by atoms with E-state index in [9.17, 15) is 27.9 Å². The minimum atomic E-state index is -4.49. The molecule has 0 unspecified atom stereocenters. The van der Waals surface area contributed by atoms with Crippen LogP contribution in [0.1, 0.15) is 46.7 Å². The minimum absolute atomic E-state index is 0.00290. The van der Waals surface area contributed by atoms with Crippen LogP contribution in [0.4, 0.5) is 13.2 Å². The normalized spacial score (nSPS) is 11.7. The lowest BCUT2D eigenvalue weighted by molar-refractivity contribution is -0.137. The van der Waals surface area contributed by atoms with E-state index < -0.39 is 29.0 Å². The van der Waals surface area contributed by atoms with Gasteiger partial charge in [0.1, 0.15) is 17.0 Å². The van der Waals surface area contributed by atoms with E-state index >= 15 is 0 Å². The summed E-state index contributed by atoms with van der Waals surface area (Å²) in [5, 5.41) is 16.3. The van der Waals surface area contributed by atoms with Gasteiger partial charge in [0.25, 0.3) is 5.91 Å². The van der Waals surface area contributed by atoms with E-state index in [1.807, 2.05) is 0 Å². The molecule has 0 spiro atoms. The van der Waals surface area contributed by atoms with Crippen molar-refractivity contribution >= 4 is 17.5 Å². The molecule has 0 radical (unpaired) electrons. The molecule has 2 aromatic heterocycles. The molecular formula is C26H21ClF3N5O4. The number of hydrogen-bond donors (Lipinski definition) is 3. The molecule has 39 heavy (non-hydrogen) atoms. The number of carbonyl (C=O) groups excluding carboxylic acids is 1. The Balaban J connectivity index is 1.59. The summed E-state index contributed by atoms with van der Waals surface area (Å²) in [4.78, 5) is 31.0. The van der Waals surface area contributed by atoms with Crippen molar-refractivity contribution in [3.8, 4) is 23.2 Å². The largest absolute Gasteiger partial charge is 0.439 e. The number of nitrogens with one attached hydrogen (secondary N) is 2. The number of imidazole rings is 1. The molecule has 3 N–H and O–H groups in total. The summed E-state index contributed by atoms with van der Waals surface area (Å²) in [5.41, 5.74) is -0.458. The van der Waals surface area contributed by atoms with Gasteiger partial charge in [0.05, 0.1) is 12.1 Å². The standard InChI is InChI=1S/C26H21ClF3N5O4/c1-25(2,38)12-11-19-20(35(23(27)32-19)14-16-5-9-18(10-6-16)26(28,29)30)22(36)31-13-15-3-7-17(8-4-15)21-33-24(37)39-34-21/h3-10,38H,13-14H2,1-2H3,(H,31,36)(H,33,34,37). The molecule has 202 valence electrons.